The van der Waals surface area contributed by atoms with E-state index in [2.05, 4.69) is 10.2 Å². The summed E-state index contributed by atoms with van der Waals surface area (Å²) >= 11 is 0. The summed E-state index contributed by atoms with van der Waals surface area (Å²) in [5, 5.41) is 2.99. The number of rotatable bonds is 8. The molecule has 1 unspecified atom stereocenters. The van der Waals surface area contributed by atoms with E-state index < -0.39 is 12.0 Å². The van der Waals surface area contributed by atoms with Crippen molar-refractivity contribution in [2.24, 2.45) is 0 Å². The molecule has 4 rings (SSSR count). The Morgan fingerprint density at radius 1 is 1.00 bits per heavy atom. The molecule has 2 heterocycles. The van der Waals surface area contributed by atoms with Crippen LogP contribution in [0.5, 0.6) is 5.75 Å². The molecule has 0 aromatic heterocycles. The van der Waals surface area contributed by atoms with Crippen LogP contribution in [0, 0.1) is 6.92 Å². The van der Waals surface area contributed by atoms with E-state index in [1.807, 2.05) is 61.2 Å². The third kappa shape index (κ3) is 5.67. The number of amides is 3. The van der Waals surface area contributed by atoms with Gasteiger partial charge in [0.15, 0.2) is 0 Å². The average molecular weight is 521 g/mol. The first kappa shape index (κ1) is 27.2. The molecule has 1 atom stereocenters. The van der Waals surface area contributed by atoms with Gasteiger partial charge in [-0.05, 0) is 39.0 Å². The molecule has 2 aliphatic heterocycles. The average Bonchev–Trinajstić information content (AvgIpc) is 2.93. The number of methoxy groups -OCH3 is 1. The fourth-order valence-corrected chi connectivity index (χ4v) is 5.00. The van der Waals surface area contributed by atoms with E-state index in [4.69, 9.17) is 9.47 Å². The lowest BCUT2D eigenvalue weighted by molar-refractivity contribution is -0.139. The molecule has 0 aliphatic carbocycles. The van der Waals surface area contributed by atoms with Gasteiger partial charge in [0.05, 0.1) is 25.3 Å². The highest BCUT2D eigenvalue weighted by Crippen LogP contribution is 2.36. The molecule has 2 aromatic carbocycles. The molecule has 9 heteroatoms. The normalized spacial score (nSPS) is 18.3. The predicted molar refractivity (Wildman–Crippen MR) is 144 cm³/mol. The molecular weight excluding hydrogens is 484 g/mol. The summed E-state index contributed by atoms with van der Waals surface area (Å²) in [5.74, 6) is 0.122. The van der Waals surface area contributed by atoms with Crippen LogP contribution in [0.2, 0.25) is 0 Å². The second-order valence-electron chi connectivity index (χ2n) is 9.38. The molecule has 1 N–H and O–H groups in total. The smallest absolute Gasteiger partial charge is 0.338 e. The van der Waals surface area contributed by atoms with Gasteiger partial charge in [-0.25, -0.2) is 9.59 Å². The van der Waals surface area contributed by atoms with Crippen molar-refractivity contribution in [1.82, 2.24) is 20.0 Å². The first-order chi connectivity index (χ1) is 18.4. The summed E-state index contributed by atoms with van der Waals surface area (Å²) in [6.07, 6.45) is 0. The largest absolute Gasteiger partial charge is 0.496 e. The zero-order valence-corrected chi connectivity index (χ0v) is 22.5. The maximum atomic E-state index is 13.4. The van der Waals surface area contributed by atoms with Crippen LogP contribution in [0.3, 0.4) is 0 Å². The zero-order chi connectivity index (χ0) is 27.2. The summed E-state index contributed by atoms with van der Waals surface area (Å²) < 4.78 is 11.0. The number of esters is 1. The molecule has 1 fully saturated rings. The molecule has 0 bridgehead atoms. The second kappa shape index (κ2) is 12.1. The number of piperazine rings is 1. The third-order valence-electron chi connectivity index (χ3n) is 7.03. The van der Waals surface area contributed by atoms with Gasteiger partial charge in [-0.1, -0.05) is 35.9 Å². The first-order valence-corrected chi connectivity index (χ1v) is 13.1. The molecule has 2 aliphatic rings. The van der Waals surface area contributed by atoms with E-state index in [1.54, 1.807) is 25.0 Å². The van der Waals surface area contributed by atoms with Gasteiger partial charge in [0.1, 0.15) is 5.75 Å². The van der Waals surface area contributed by atoms with Gasteiger partial charge in [-0.3, -0.25) is 14.6 Å². The van der Waals surface area contributed by atoms with E-state index in [0.717, 1.165) is 5.56 Å². The number of carbonyl (C=O) groups excluding carboxylic acids is 3. The van der Waals surface area contributed by atoms with Crippen LogP contribution >= 0.6 is 0 Å². The zero-order valence-electron chi connectivity index (χ0n) is 22.5. The molecule has 1 saturated heterocycles. The Labute approximate surface area is 224 Å². The van der Waals surface area contributed by atoms with Crippen LogP contribution in [0.4, 0.5) is 4.79 Å². The van der Waals surface area contributed by atoms with Crippen LogP contribution < -0.4 is 10.1 Å². The monoisotopic (exact) mass is 520 g/mol. The number of nitrogens with zero attached hydrogens (tertiary/aromatic N) is 3. The third-order valence-corrected chi connectivity index (χ3v) is 7.03. The highest BCUT2D eigenvalue weighted by molar-refractivity contribution is 5.96. The van der Waals surface area contributed by atoms with E-state index >= 15 is 0 Å². The molecule has 38 heavy (non-hydrogen) atoms. The minimum Gasteiger partial charge on any atom is -0.496 e. The van der Waals surface area contributed by atoms with Gasteiger partial charge in [-0.15, -0.1) is 0 Å². The number of urea groups is 1. The minimum atomic E-state index is -0.708. The van der Waals surface area contributed by atoms with Crippen molar-refractivity contribution < 1.29 is 23.9 Å². The Hall–Kier alpha value is -3.85. The molecule has 0 saturated carbocycles. The Balaban J connectivity index is 1.61. The van der Waals surface area contributed by atoms with Gasteiger partial charge in [-0.2, -0.15) is 0 Å². The molecule has 0 radical (unpaired) electrons. The lowest BCUT2D eigenvalue weighted by Crippen LogP contribution is -2.53. The standard InChI is InChI=1S/C29H36N4O5/c1-5-33-23(19-31-15-17-32(18-16-31)27(34)21-13-11-20(3)12-14-21)25(28(35)38-6-2)26(30-29(33)36)22-9-7-8-10-24(22)37-4/h7-14,26H,5-6,15-19H2,1-4H3,(H,30,36). The number of hydrogen-bond acceptors (Lipinski definition) is 6. The van der Waals surface area contributed by atoms with Gasteiger partial charge in [0.25, 0.3) is 5.91 Å². The topological polar surface area (TPSA) is 91.4 Å². The first-order valence-electron chi connectivity index (χ1n) is 13.1. The molecule has 3 amide bonds. The van der Waals surface area contributed by atoms with Crippen LogP contribution in [0.15, 0.2) is 59.8 Å². The van der Waals surface area contributed by atoms with Crippen LogP contribution in [0.25, 0.3) is 0 Å². The molecule has 0 spiro atoms. The number of aryl methyl sites for hydroxylation is 1. The van der Waals surface area contributed by atoms with Gasteiger partial charge < -0.3 is 19.7 Å². The highest BCUT2D eigenvalue weighted by Gasteiger charge is 2.39. The maximum absolute atomic E-state index is 13.4. The van der Waals surface area contributed by atoms with Gasteiger partial charge in [0, 0.05) is 56.1 Å². The fourth-order valence-electron chi connectivity index (χ4n) is 5.00. The summed E-state index contributed by atoms with van der Waals surface area (Å²) in [6.45, 7) is 8.99. The van der Waals surface area contributed by atoms with E-state index in [1.165, 1.54) is 0 Å². The number of benzene rings is 2. The number of ether oxygens (including phenoxy) is 2. The fraction of sp³-hybridized carbons (Fsp3) is 0.414. The molecule has 202 valence electrons. The van der Waals surface area contributed by atoms with Crippen molar-refractivity contribution in [3.8, 4) is 5.75 Å². The summed E-state index contributed by atoms with van der Waals surface area (Å²) in [4.78, 5) is 45.2. The SMILES string of the molecule is CCOC(=O)C1=C(CN2CCN(C(=O)c3ccc(C)cc3)CC2)N(CC)C(=O)NC1c1ccccc1OC. The van der Waals surface area contributed by atoms with Crippen molar-refractivity contribution >= 4 is 17.9 Å². The van der Waals surface area contributed by atoms with Crippen molar-refractivity contribution in [1.29, 1.82) is 0 Å². The number of likely N-dealkylation sites (N-methyl/N-ethyl adjacent to an activating group) is 1. The summed E-state index contributed by atoms with van der Waals surface area (Å²) in [7, 11) is 1.56. The van der Waals surface area contributed by atoms with E-state index in [-0.39, 0.29) is 18.5 Å². The van der Waals surface area contributed by atoms with Crippen molar-refractivity contribution in [2.75, 3.05) is 53.0 Å². The van der Waals surface area contributed by atoms with Gasteiger partial charge >= 0.3 is 12.0 Å². The van der Waals surface area contributed by atoms with Crippen molar-refractivity contribution in [3.05, 3.63) is 76.5 Å². The minimum absolute atomic E-state index is 0.0135. The Bertz CT molecular complexity index is 1200. The van der Waals surface area contributed by atoms with Crippen molar-refractivity contribution in [2.45, 2.75) is 26.8 Å². The highest BCUT2D eigenvalue weighted by atomic mass is 16.5. The van der Waals surface area contributed by atoms with Crippen molar-refractivity contribution in [3.63, 3.8) is 0 Å². The summed E-state index contributed by atoms with van der Waals surface area (Å²) in [5.41, 5.74) is 3.49. The molecule has 9 nitrogen and oxygen atoms in total. The maximum Gasteiger partial charge on any atom is 0.338 e. The van der Waals surface area contributed by atoms with Gasteiger partial charge in [0.2, 0.25) is 0 Å². The number of nitrogens with one attached hydrogen (secondary N) is 1. The number of carbonyl (C=O) groups is 3. The Morgan fingerprint density at radius 3 is 2.32 bits per heavy atom. The molecule has 2 aromatic rings. The van der Waals surface area contributed by atoms with Crippen LogP contribution in [0.1, 0.15) is 41.4 Å². The van der Waals surface area contributed by atoms with Crippen LogP contribution in [-0.2, 0) is 9.53 Å². The lowest BCUT2D eigenvalue weighted by Gasteiger charge is -2.40. The summed E-state index contributed by atoms with van der Waals surface area (Å²) in [6, 6.07) is 14.0. The molecular formula is C29H36N4O5. The van der Waals surface area contributed by atoms with E-state index in [0.29, 0.717) is 67.4 Å². The Kier molecular flexibility index (Phi) is 8.68. The lowest BCUT2D eigenvalue weighted by atomic mass is 9.93. The predicted octanol–water partition coefficient (Wildman–Crippen LogP) is 3.37. The second-order valence-corrected chi connectivity index (χ2v) is 9.38. The Morgan fingerprint density at radius 2 is 1.68 bits per heavy atom. The number of para-hydroxylation sites is 1. The number of hydrogen-bond donors (Lipinski definition) is 1. The van der Waals surface area contributed by atoms with Crippen LogP contribution in [-0.4, -0.2) is 85.6 Å². The van der Waals surface area contributed by atoms with E-state index in [9.17, 15) is 14.4 Å². The quantitative estimate of drug-likeness (QED) is 0.537.